The number of benzene rings is 2. The monoisotopic (exact) mass is 365 g/mol. The molecule has 0 aromatic heterocycles. The predicted octanol–water partition coefficient (Wildman–Crippen LogP) is 2.05. The van der Waals surface area contributed by atoms with Gasteiger partial charge in [-0.15, -0.1) is 0 Å². The van der Waals surface area contributed by atoms with Crippen molar-refractivity contribution >= 4 is 17.5 Å². The zero-order chi connectivity index (χ0) is 19.1. The van der Waals surface area contributed by atoms with E-state index in [0.29, 0.717) is 48.9 Å². The van der Waals surface area contributed by atoms with Crippen molar-refractivity contribution in [1.82, 2.24) is 4.90 Å². The van der Waals surface area contributed by atoms with Gasteiger partial charge in [-0.25, -0.2) is 0 Å². The molecule has 0 spiro atoms. The van der Waals surface area contributed by atoms with E-state index < -0.39 is 0 Å². The summed E-state index contributed by atoms with van der Waals surface area (Å²) in [7, 11) is 0. The summed E-state index contributed by atoms with van der Waals surface area (Å²) >= 11 is 0. The Morgan fingerprint density at radius 3 is 2.52 bits per heavy atom. The minimum atomic E-state index is -0.353. The van der Waals surface area contributed by atoms with Gasteiger partial charge in [0, 0.05) is 18.8 Å². The minimum absolute atomic E-state index is 0.138. The summed E-state index contributed by atoms with van der Waals surface area (Å²) in [5.74, 6) is -0.126. The van der Waals surface area contributed by atoms with Gasteiger partial charge in [0.2, 0.25) is 0 Å². The number of amides is 2. The highest BCUT2D eigenvalue weighted by Crippen LogP contribution is 2.20. The number of rotatable bonds is 5. The van der Waals surface area contributed by atoms with Crippen molar-refractivity contribution in [3.63, 3.8) is 0 Å². The molecule has 138 valence electrons. The largest absolute Gasteiger partial charge is 0.483 e. The Morgan fingerprint density at radius 2 is 1.81 bits per heavy atom. The Labute approximate surface area is 157 Å². The Morgan fingerprint density at radius 1 is 1.11 bits per heavy atom. The molecule has 1 N–H and O–H groups in total. The van der Waals surface area contributed by atoms with Crippen LogP contribution in [0.1, 0.15) is 15.9 Å². The molecule has 0 radical (unpaired) electrons. The maximum Gasteiger partial charge on any atom is 0.262 e. The van der Waals surface area contributed by atoms with Gasteiger partial charge < -0.3 is 19.7 Å². The van der Waals surface area contributed by atoms with E-state index in [1.807, 2.05) is 6.07 Å². The maximum absolute atomic E-state index is 12.7. The summed E-state index contributed by atoms with van der Waals surface area (Å²) < 4.78 is 10.9. The zero-order valence-electron chi connectivity index (χ0n) is 14.7. The van der Waals surface area contributed by atoms with E-state index in [9.17, 15) is 9.59 Å². The van der Waals surface area contributed by atoms with Gasteiger partial charge in [0.1, 0.15) is 5.75 Å². The molecule has 7 heteroatoms. The van der Waals surface area contributed by atoms with Crippen molar-refractivity contribution in [1.29, 1.82) is 5.26 Å². The normalized spacial score (nSPS) is 13.5. The molecule has 0 saturated carbocycles. The third-order valence-electron chi connectivity index (χ3n) is 4.07. The first-order chi connectivity index (χ1) is 13.2. The number of para-hydroxylation sites is 1. The van der Waals surface area contributed by atoms with Crippen LogP contribution in [0.3, 0.4) is 0 Å². The van der Waals surface area contributed by atoms with E-state index in [2.05, 4.69) is 5.32 Å². The fourth-order valence-corrected chi connectivity index (χ4v) is 2.67. The second-order valence-corrected chi connectivity index (χ2v) is 5.93. The Kier molecular flexibility index (Phi) is 6.02. The molecule has 0 unspecified atom stereocenters. The number of nitrogens with zero attached hydrogens (tertiary/aromatic N) is 2. The van der Waals surface area contributed by atoms with Gasteiger partial charge in [-0.3, -0.25) is 9.59 Å². The van der Waals surface area contributed by atoms with E-state index >= 15 is 0 Å². The van der Waals surface area contributed by atoms with Gasteiger partial charge in [0.05, 0.1) is 30.4 Å². The second kappa shape index (κ2) is 8.83. The summed E-state index contributed by atoms with van der Waals surface area (Å²) in [5, 5.41) is 11.5. The quantitative estimate of drug-likeness (QED) is 0.876. The number of nitrogens with one attached hydrogen (secondary N) is 1. The number of morpholine rings is 1. The number of carbonyl (C=O) groups is 2. The standard InChI is InChI=1S/C20H19N3O4/c21-13-15-5-7-16(8-6-15)22-19(24)14-27-18-4-2-1-3-17(18)20(25)23-9-11-26-12-10-23/h1-8H,9-12,14H2,(H,22,24). The summed E-state index contributed by atoms with van der Waals surface area (Å²) in [6.07, 6.45) is 0. The lowest BCUT2D eigenvalue weighted by Crippen LogP contribution is -2.40. The Balaban J connectivity index is 1.61. The van der Waals surface area contributed by atoms with Crippen molar-refractivity contribution in [3.05, 3.63) is 59.7 Å². The minimum Gasteiger partial charge on any atom is -0.483 e. The molecule has 1 aliphatic heterocycles. The topological polar surface area (TPSA) is 91.7 Å². The van der Waals surface area contributed by atoms with Crippen LogP contribution in [0.25, 0.3) is 0 Å². The van der Waals surface area contributed by atoms with Crippen LogP contribution in [0.5, 0.6) is 5.75 Å². The first kappa shape index (κ1) is 18.4. The number of hydrogen-bond acceptors (Lipinski definition) is 5. The van der Waals surface area contributed by atoms with E-state index in [1.165, 1.54) is 0 Å². The molecular weight excluding hydrogens is 346 g/mol. The van der Waals surface area contributed by atoms with E-state index in [-0.39, 0.29) is 18.4 Å². The third kappa shape index (κ3) is 4.84. The Hall–Kier alpha value is -3.37. The van der Waals surface area contributed by atoms with Crippen molar-refractivity contribution in [2.24, 2.45) is 0 Å². The molecule has 2 aromatic carbocycles. The van der Waals surface area contributed by atoms with Gasteiger partial charge in [0.15, 0.2) is 6.61 Å². The van der Waals surface area contributed by atoms with Gasteiger partial charge in [0.25, 0.3) is 11.8 Å². The molecule has 1 heterocycles. The molecule has 0 aliphatic carbocycles. The SMILES string of the molecule is N#Cc1ccc(NC(=O)COc2ccccc2C(=O)N2CCOCC2)cc1. The van der Waals surface area contributed by atoms with Gasteiger partial charge in [-0.05, 0) is 36.4 Å². The lowest BCUT2D eigenvalue weighted by atomic mass is 10.1. The van der Waals surface area contributed by atoms with Crippen LogP contribution in [0.4, 0.5) is 5.69 Å². The van der Waals surface area contributed by atoms with Crippen LogP contribution in [0.2, 0.25) is 0 Å². The molecule has 3 rings (SSSR count). The van der Waals surface area contributed by atoms with Gasteiger partial charge in [-0.1, -0.05) is 12.1 Å². The van der Waals surface area contributed by atoms with Gasteiger partial charge >= 0.3 is 0 Å². The summed E-state index contributed by atoms with van der Waals surface area (Å²) in [4.78, 5) is 26.5. The average molecular weight is 365 g/mol. The molecule has 1 aliphatic rings. The fourth-order valence-electron chi connectivity index (χ4n) is 2.67. The molecule has 2 amide bonds. The molecule has 0 atom stereocenters. The van der Waals surface area contributed by atoms with Crippen LogP contribution in [0.15, 0.2) is 48.5 Å². The molecule has 2 aromatic rings. The van der Waals surface area contributed by atoms with Gasteiger partial charge in [-0.2, -0.15) is 5.26 Å². The van der Waals surface area contributed by atoms with Crippen molar-refractivity contribution < 1.29 is 19.1 Å². The van der Waals surface area contributed by atoms with Crippen LogP contribution < -0.4 is 10.1 Å². The van der Waals surface area contributed by atoms with E-state index in [4.69, 9.17) is 14.7 Å². The third-order valence-corrected chi connectivity index (χ3v) is 4.07. The van der Waals surface area contributed by atoms with Crippen LogP contribution in [0, 0.1) is 11.3 Å². The lowest BCUT2D eigenvalue weighted by Gasteiger charge is -2.27. The number of hydrogen-bond donors (Lipinski definition) is 1. The summed E-state index contributed by atoms with van der Waals surface area (Å²) in [6.45, 7) is 1.87. The van der Waals surface area contributed by atoms with E-state index in [1.54, 1.807) is 53.4 Å². The highest BCUT2D eigenvalue weighted by atomic mass is 16.5. The number of nitriles is 1. The molecule has 1 fully saturated rings. The van der Waals surface area contributed by atoms with Crippen LogP contribution >= 0.6 is 0 Å². The van der Waals surface area contributed by atoms with Crippen LogP contribution in [-0.2, 0) is 9.53 Å². The summed E-state index contributed by atoms with van der Waals surface area (Å²) in [6, 6.07) is 15.4. The highest BCUT2D eigenvalue weighted by molar-refractivity contribution is 5.97. The van der Waals surface area contributed by atoms with Crippen molar-refractivity contribution in [3.8, 4) is 11.8 Å². The number of ether oxygens (including phenoxy) is 2. The number of anilines is 1. The number of carbonyl (C=O) groups excluding carboxylic acids is 2. The smallest absolute Gasteiger partial charge is 0.262 e. The first-order valence-corrected chi connectivity index (χ1v) is 8.56. The first-order valence-electron chi connectivity index (χ1n) is 8.56. The highest BCUT2D eigenvalue weighted by Gasteiger charge is 2.21. The molecule has 0 bridgehead atoms. The fraction of sp³-hybridized carbons (Fsp3) is 0.250. The second-order valence-electron chi connectivity index (χ2n) is 5.93. The molecule has 7 nitrogen and oxygen atoms in total. The van der Waals surface area contributed by atoms with Crippen LogP contribution in [-0.4, -0.2) is 49.6 Å². The Bertz CT molecular complexity index is 852. The molecule has 27 heavy (non-hydrogen) atoms. The molecular formula is C20H19N3O4. The van der Waals surface area contributed by atoms with Crippen molar-refractivity contribution in [2.75, 3.05) is 38.2 Å². The average Bonchev–Trinajstić information content (AvgIpc) is 2.73. The lowest BCUT2D eigenvalue weighted by molar-refractivity contribution is -0.118. The molecule has 1 saturated heterocycles. The van der Waals surface area contributed by atoms with Crippen molar-refractivity contribution in [2.45, 2.75) is 0 Å². The summed E-state index contributed by atoms with van der Waals surface area (Å²) in [5.41, 5.74) is 1.51. The maximum atomic E-state index is 12.7. The van der Waals surface area contributed by atoms with E-state index in [0.717, 1.165) is 0 Å². The zero-order valence-corrected chi connectivity index (χ0v) is 14.7. The predicted molar refractivity (Wildman–Crippen MR) is 98.4 cm³/mol.